The summed E-state index contributed by atoms with van der Waals surface area (Å²) in [6, 6.07) is 4.60. The lowest BCUT2D eigenvalue weighted by Gasteiger charge is -2.23. The van der Waals surface area contributed by atoms with Gasteiger partial charge in [0.05, 0.1) is 11.5 Å². The van der Waals surface area contributed by atoms with Gasteiger partial charge < -0.3 is 9.64 Å². The van der Waals surface area contributed by atoms with E-state index in [1.807, 2.05) is 0 Å². The summed E-state index contributed by atoms with van der Waals surface area (Å²) in [7, 11) is -2.23. The van der Waals surface area contributed by atoms with E-state index in [1.54, 1.807) is 25.0 Å². The van der Waals surface area contributed by atoms with Crippen molar-refractivity contribution in [1.82, 2.24) is 4.90 Å². The first-order chi connectivity index (χ1) is 9.84. The molecule has 7 heteroatoms. The number of methoxy groups -OCH3 is 1. The van der Waals surface area contributed by atoms with Crippen LogP contribution in [0, 0.1) is 6.92 Å². The fraction of sp³-hybridized carbons (Fsp3) is 0.500. The lowest BCUT2D eigenvalue weighted by molar-refractivity contribution is 0.0679. The maximum Gasteiger partial charge on any atom is 0.254 e. The molecule has 0 atom stereocenters. The van der Waals surface area contributed by atoms with Crippen LogP contribution in [0.1, 0.15) is 28.8 Å². The number of benzene rings is 1. The first kappa shape index (κ1) is 15.9. The molecule has 0 radical (unpaired) electrons. The molecule has 0 aliphatic heterocycles. The van der Waals surface area contributed by atoms with Gasteiger partial charge in [-0.15, -0.1) is 0 Å². The molecule has 2 N–H and O–H groups in total. The van der Waals surface area contributed by atoms with Gasteiger partial charge in [0.2, 0.25) is 10.0 Å². The number of primary sulfonamides is 1. The van der Waals surface area contributed by atoms with Gasteiger partial charge in [0, 0.05) is 25.3 Å². The third-order valence-electron chi connectivity index (χ3n) is 3.55. The van der Waals surface area contributed by atoms with Crippen molar-refractivity contribution in [1.29, 1.82) is 0 Å². The molecule has 1 aliphatic carbocycles. The number of carbonyl (C=O) groups excluding carboxylic acids is 1. The van der Waals surface area contributed by atoms with Crippen LogP contribution in [-0.2, 0) is 14.8 Å². The zero-order chi connectivity index (χ0) is 15.6. The van der Waals surface area contributed by atoms with Crippen molar-refractivity contribution in [2.45, 2.75) is 30.7 Å². The molecule has 116 valence electrons. The van der Waals surface area contributed by atoms with E-state index >= 15 is 0 Å². The van der Waals surface area contributed by atoms with Gasteiger partial charge in [0.15, 0.2) is 0 Å². The number of hydrogen-bond acceptors (Lipinski definition) is 4. The summed E-state index contributed by atoms with van der Waals surface area (Å²) >= 11 is 0. The minimum Gasteiger partial charge on any atom is -0.383 e. The highest BCUT2D eigenvalue weighted by atomic mass is 32.2. The summed E-state index contributed by atoms with van der Waals surface area (Å²) in [6.45, 7) is 2.73. The molecule has 1 aromatic carbocycles. The Balaban J connectivity index is 2.32. The number of amides is 1. The number of carbonyl (C=O) groups is 1. The predicted molar refractivity (Wildman–Crippen MR) is 78.5 cm³/mol. The molecule has 6 nitrogen and oxygen atoms in total. The van der Waals surface area contributed by atoms with E-state index in [0.717, 1.165) is 18.4 Å². The van der Waals surface area contributed by atoms with Crippen LogP contribution >= 0.6 is 0 Å². The summed E-state index contributed by atoms with van der Waals surface area (Å²) in [5.74, 6) is -0.169. The molecule has 1 aliphatic rings. The summed E-state index contributed by atoms with van der Waals surface area (Å²) in [6.07, 6.45) is 1.95. The molecule has 1 aromatic rings. The van der Waals surface area contributed by atoms with Gasteiger partial charge in [0.1, 0.15) is 0 Å². The van der Waals surface area contributed by atoms with E-state index in [2.05, 4.69) is 0 Å². The highest BCUT2D eigenvalue weighted by Crippen LogP contribution is 2.29. The Morgan fingerprint density at radius 2 is 2.10 bits per heavy atom. The molecule has 0 spiro atoms. The minimum absolute atomic E-state index is 0.0426. The van der Waals surface area contributed by atoms with Crippen molar-refractivity contribution in [2.75, 3.05) is 20.3 Å². The van der Waals surface area contributed by atoms with Crippen molar-refractivity contribution in [3.05, 3.63) is 29.3 Å². The van der Waals surface area contributed by atoms with Crippen molar-refractivity contribution >= 4 is 15.9 Å². The van der Waals surface area contributed by atoms with Crippen molar-refractivity contribution in [2.24, 2.45) is 5.14 Å². The molecule has 1 amide bonds. The van der Waals surface area contributed by atoms with Gasteiger partial charge in [-0.05, 0) is 37.5 Å². The monoisotopic (exact) mass is 312 g/mol. The zero-order valence-electron chi connectivity index (χ0n) is 12.2. The van der Waals surface area contributed by atoms with Crippen molar-refractivity contribution < 1.29 is 17.9 Å². The Morgan fingerprint density at radius 3 is 2.62 bits per heavy atom. The molecular formula is C14H20N2O4S. The second-order valence-electron chi connectivity index (χ2n) is 5.24. The van der Waals surface area contributed by atoms with Gasteiger partial charge >= 0.3 is 0 Å². The van der Waals surface area contributed by atoms with Gasteiger partial charge in [-0.2, -0.15) is 0 Å². The van der Waals surface area contributed by atoms with Crippen LogP contribution in [0.4, 0.5) is 0 Å². The lowest BCUT2D eigenvalue weighted by atomic mass is 10.1. The maximum absolute atomic E-state index is 12.7. The SMILES string of the molecule is COCCN(C(=O)c1cc(S(N)(=O)=O)ccc1C)C1CC1. The van der Waals surface area contributed by atoms with Gasteiger partial charge in [-0.3, -0.25) is 4.79 Å². The van der Waals surface area contributed by atoms with E-state index < -0.39 is 10.0 Å². The predicted octanol–water partition coefficient (Wildman–Crippen LogP) is 0.893. The molecule has 0 bridgehead atoms. The highest BCUT2D eigenvalue weighted by Gasteiger charge is 2.33. The number of sulfonamides is 1. The molecule has 0 unspecified atom stereocenters. The quantitative estimate of drug-likeness (QED) is 0.845. The van der Waals surface area contributed by atoms with Crippen LogP contribution in [0.2, 0.25) is 0 Å². The van der Waals surface area contributed by atoms with Gasteiger partial charge in [-0.1, -0.05) is 6.07 Å². The Kier molecular flexibility index (Phi) is 4.65. The van der Waals surface area contributed by atoms with Crippen LogP contribution in [0.15, 0.2) is 23.1 Å². The Bertz CT molecular complexity index is 638. The van der Waals surface area contributed by atoms with Gasteiger partial charge in [-0.25, -0.2) is 13.6 Å². The van der Waals surface area contributed by atoms with Crippen LogP contribution in [-0.4, -0.2) is 45.5 Å². The number of hydrogen-bond donors (Lipinski definition) is 1. The number of nitrogens with zero attached hydrogens (tertiary/aromatic N) is 1. The standard InChI is InChI=1S/C14H20N2O4S/c1-10-3-6-12(21(15,18)19)9-13(10)14(17)16(7-8-20-2)11-4-5-11/h3,6,9,11H,4-5,7-8H2,1-2H3,(H2,15,18,19). The summed E-state index contributed by atoms with van der Waals surface area (Å²) in [5, 5.41) is 5.13. The summed E-state index contributed by atoms with van der Waals surface area (Å²) < 4.78 is 27.9. The highest BCUT2D eigenvalue weighted by molar-refractivity contribution is 7.89. The minimum atomic E-state index is -3.82. The molecule has 1 fully saturated rings. The molecule has 21 heavy (non-hydrogen) atoms. The third kappa shape index (κ3) is 3.81. The van der Waals surface area contributed by atoms with Crippen LogP contribution < -0.4 is 5.14 Å². The zero-order valence-corrected chi connectivity index (χ0v) is 13.0. The Labute approximate surface area is 124 Å². The maximum atomic E-state index is 12.7. The van der Waals surface area contributed by atoms with E-state index in [1.165, 1.54) is 12.1 Å². The number of aryl methyl sites for hydroxylation is 1. The average Bonchev–Trinajstić information content (AvgIpc) is 3.22. The molecule has 0 heterocycles. The molecule has 0 aromatic heterocycles. The summed E-state index contributed by atoms with van der Waals surface area (Å²) in [5.41, 5.74) is 1.11. The number of ether oxygens (including phenoxy) is 1. The first-order valence-corrected chi connectivity index (χ1v) is 8.32. The normalized spacial score (nSPS) is 15.0. The average molecular weight is 312 g/mol. The Hall–Kier alpha value is -1.44. The first-order valence-electron chi connectivity index (χ1n) is 6.78. The van der Waals surface area contributed by atoms with E-state index in [0.29, 0.717) is 18.7 Å². The lowest BCUT2D eigenvalue weighted by Crippen LogP contribution is -2.36. The molecule has 0 saturated heterocycles. The van der Waals surface area contributed by atoms with Crippen molar-refractivity contribution in [3.63, 3.8) is 0 Å². The van der Waals surface area contributed by atoms with Crippen LogP contribution in [0.25, 0.3) is 0 Å². The van der Waals surface area contributed by atoms with Gasteiger partial charge in [0.25, 0.3) is 5.91 Å². The fourth-order valence-electron chi connectivity index (χ4n) is 2.19. The number of nitrogens with two attached hydrogens (primary N) is 1. The Morgan fingerprint density at radius 1 is 1.43 bits per heavy atom. The second-order valence-corrected chi connectivity index (χ2v) is 6.81. The topological polar surface area (TPSA) is 89.7 Å². The second kappa shape index (κ2) is 6.13. The smallest absolute Gasteiger partial charge is 0.254 e. The largest absolute Gasteiger partial charge is 0.383 e. The van der Waals surface area contributed by atoms with Crippen LogP contribution in [0.5, 0.6) is 0 Å². The van der Waals surface area contributed by atoms with Crippen molar-refractivity contribution in [3.8, 4) is 0 Å². The third-order valence-corrected chi connectivity index (χ3v) is 4.46. The number of rotatable bonds is 6. The van der Waals surface area contributed by atoms with Crippen LogP contribution in [0.3, 0.4) is 0 Å². The molecule has 1 saturated carbocycles. The molecule has 2 rings (SSSR count). The van der Waals surface area contributed by atoms with E-state index in [9.17, 15) is 13.2 Å². The summed E-state index contributed by atoms with van der Waals surface area (Å²) in [4.78, 5) is 14.4. The van der Waals surface area contributed by atoms with E-state index in [-0.39, 0.29) is 16.8 Å². The molecular weight excluding hydrogens is 292 g/mol. The van der Waals surface area contributed by atoms with E-state index in [4.69, 9.17) is 9.88 Å². The fourth-order valence-corrected chi connectivity index (χ4v) is 2.73.